The lowest BCUT2D eigenvalue weighted by Gasteiger charge is -2.21. The van der Waals surface area contributed by atoms with Crippen molar-refractivity contribution in [3.63, 3.8) is 0 Å². The van der Waals surface area contributed by atoms with E-state index in [1.54, 1.807) is 21.3 Å². The summed E-state index contributed by atoms with van der Waals surface area (Å²) >= 11 is 0. The van der Waals surface area contributed by atoms with Crippen molar-refractivity contribution >= 4 is 12.4 Å². The molecule has 1 aromatic rings. The van der Waals surface area contributed by atoms with Crippen LogP contribution in [-0.4, -0.2) is 45.4 Å². The highest BCUT2D eigenvalue weighted by Gasteiger charge is 2.27. The molecule has 1 fully saturated rings. The monoisotopic (exact) mass is 330 g/mol. The van der Waals surface area contributed by atoms with Crippen LogP contribution in [0, 0.1) is 5.92 Å². The van der Waals surface area contributed by atoms with E-state index in [0.29, 0.717) is 5.92 Å². The smallest absolute Gasteiger partial charge is 0.130 e. The number of rotatable bonds is 6. The lowest BCUT2D eigenvalue weighted by atomic mass is 10.0. The first-order valence-corrected chi connectivity index (χ1v) is 7.35. The molecular formula is C16H27ClN2O3. The van der Waals surface area contributed by atoms with Crippen LogP contribution in [0.4, 0.5) is 0 Å². The Morgan fingerprint density at radius 1 is 1.18 bits per heavy atom. The van der Waals surface area contributed by atoms with Gasteiger partial charge in [-0.3, -0.25) is 4.90 Å². The maximum Gasteiger partial charge on any atom is 0.130 e. The number of ether oxygens (including phenoxy) is 3. The third-order valence-corrected chi connectivity index (χ3v) is 4.25. The molecule has 0 amide bonds. The second-order valence-corrected chi connectivity index (χ2v) is 5.65. The maximum atomic E-state index is 6.01. The van der Waals surface area contributed by atoms with Gasteiger partial charge in [0.15, 0.2) is 0 Å². The van der Waals surface area contributed by atoms with Crippen LogP contribution in [0.1, 0.15) is 18.9 Å². The predicted octanol–water partition coefficient (Wildman–Crippen LogP) is 2.30. The molecule has 22 heavy (non-hydrogen) atoms. The predicted molar refractivity (Wildman–Crippen MR) is 90.4 cm³/mol. The zero-order valence-electron chi connectivity index (χ0n) is 13.8. The Labute approximate surface area is 139 Å². The van der Waals surface area contributed by atoms with Gasteiger partial charge in [0.05, 0.1) is 26.9 Å². The summed E-state index contributed by atoms with van der Waals surface area (Å²) in [6.07, 6.45) is 1.15. The largest absolute Gasteiger partial charge is 0.496 e. The fraction of sp³-hybridized carbons (Fsp3) is 0.625. The molecule has 1 aliphatic heterocycles. The number of methoxy groups -OCH3 is 3. The summed E-state index contributed by atoms with van der Waals surface area (Å²) in [4.78, 5) is 2.40. The van der Waals surface area contributed by atoms with E-state index < -0.39 is 0 Å². The van der Waals surface area contributed by atoms with Crippen molar-refractivity contribution in [3.8, 4) is 17.2 Å². The molecule has 1 aromatic carbocycles. The fourth-order valence-electron chi connectivity index (χ4n) is 2.89. The number of nitrogens with two attached hydrogens (primary N) is 1. The van der Waals surface area contributed by atoms with Gasteiger partial charge in [0, 0.05) is 31.3 Å². The fourth-order valence-corrected chi connectivity index (χ4v) is 2.89. The Bertz CT molecular complexity index is 457. The van der Waals surface area contributed by atoms with Crippen LogP contribution in [0.25, 0.3) is 0 Å². The van der Waals surface area contributed by atoms with Crippen LogP contribution in [0.15, 0.2) is 12.1 Å². The lowest BCUT2D eigenvalue weighted by Crippen LogP contribution is -2.29. The lowest BCUT2D eigenvalue weighted by molar-refractivity contribution is 0.291. The van der Waals surface area contributed by atoms with Gasteiger partial charge in [-0.15, -0.1) is 12.4 Å². The van der Waals surface area contributed by atoms with E-state index in [-0.39, 0.29) is 18.4 Å². The Hall–Kier alpha value is -1.17. The summed E-state index contributed by atoms with van der Waals surface area (Å²) in [6.45, 7) is 4.98. The van der Waals surface area contributed by atoms with Crippen molar-refractivity contribution in [2.24, 2.45) is 11.7 Å². The van der Waals surface area contributed by atoms with Crippen molar-refractivity contribution in [2.45, 2.75) is 25.9 Å². The van der Waals surface area contributed by atoms with E-state index in [9.17, 15) is 0 Å². The van der Waals surface area contributed by atoms with Gasteiger partial charge in [0.25, 0.3) is 0 Å². The van der Waals surface area contributed by atoms with E-state index in [2.05, 4.69) is 11.8 Å². The molecule has 1 aliphatic rings. The molecule has 0 aromatic heterocycles. The first kappa shape index (κ1) is 18.9. The van der Waals surface area contributed by atoms with Crippen molar-refractivity contribution in [3.05, 3.63) is 17.7 Å². The molecule has 0 aliphatic carbocycles. The van der Waals surface area contributed by atoms with Gasteiger partial charge in [-0.2, -0.15) is 0 Å². The summed E-state index contributed by atoms with van der Waals surface area (Å²) in [5, 5.41) is 0. The first-order valence-electron chi connectivity index (χ1n) is 7.35. The molecule has 2 unspecified atom stereocenters. The van der Waals surface area contributed by atoms with Crippen LogP contribution in [0.3, 0.4) is 0 Å². The third-order valence-electron chi connectivity index (χ3n) is 4.25. The van der Waals surface area contributed by atoms with Crippen LogP contribution in [0.5, 0.6) is 17.2 Å². The minimum absolute atomic E-state index is 0. The Morgan fingerprint density at radius 3 is 2.18 bits per heavy atom. The number of benzene rings is 1. The number of likely N-dealkylation sites (tertiary alicyclic amines) is 1. The number of nitrogens with zero attached hydrogens (tertiary/aromatic N) is 1. The number of hydrogen-bond acceptors (Lipinski definition) is 5. The van der Waals surface area contributed by atoms with Gasteiger partial charge < -0.3 is 19.9 Å². The Kier molecular flexibility index (Phi) is 7.26. The molecule has 2 atom stereocenters. The van der Waals surface area contributed by atoms with E-state index in [1.807, 2.05) is 12.1 Å². The van der Waals surface area contributed by atoms with Crippen molar-refractivity contribution in [2.75, 3.05) is 34.4 Å². The average Bonchev–Trinajstić information content (AvgIpc) is 2.96. The van der Waals surface area contributed by atoms with Gasteiger partial charge >= 0.3 is 0 Å². The quantitative estimate of drug-likeness (QED) is 0.867. The zero-order chi connectivity index (χ0) is 15.4. The number of halogens is 1. The molecular weight excluding hydrogens is 304 g/mol. The summed E-state index contributed by atoms with van der Waals surface area (Å²) in [7, 11) is 4.99. The second kappa shape index (κ2) is 8.46. The van der Waals surface area contributed by atoms with E-state index >= 15 is 0 Å². The van der Waals surface area contributed by atoms with Crippen LogP contribution < -0.4 is 19.9 Å². The molecule has 0 saturated carbocycles. The molecule has 1 saturated heterocycles. The maximum absolute atomic E-state index is 6.01. The second-order valence-electron chi connectivity index (χ2n) is 5.65. The topological polar surface area (TPSA) is 57.0 Å². The van der Waals surface area contributed by atoms with Gasteiger partial charge in [-0.25, -0.2) is 0 Å². The third kappa shape index (κ3) is 4.18. The van der Waals surface area contributed by atoms with Crippen molar-refractivity contribution < 1.29 is 14.2 Å². The summed E-state index contributed by atoms with van der Waals surface area (Å²) < 4.78 is 16.3. The molecule has 126 valence electrons. The van der Waals surface area contributed by atoms with Gasteiger partial charge in [0.1, 0.15) is 17.2 Å². The Balaban J connectivity index is 0.00000242. The van der Waals surface area contributed by atoms with Crippen LogP contribution in [0.2, 0.25) is 0 Å². The number of hydrogen-bond donors (Lipinski definition) is 1. The minimum Gasteiger partial charge on any atom is -0.496 e. The first-order chi connectivity index (χ1) is 10.1. The van der Waals surface area contributed by atoms with E-state index in [4.69, 9.17) is 19.9 Å². The molecule has 0 radical (unpaired) electrons. The molecule has 0 bridgehead atoms. The van der Waals surface area contributed by atoms with Crippen LogP contribution in [-0.2, 0) is 6.54 Å². The highest BCUT2D eigenvalue weighted by atomic mass is 35.5. The molecule has 0 spiro atoms. The zero-order valence-corrected chi connectivity index (χ0v) is 14.6. The summed E-state index contributed by atoms with van der Waals surface area (Å²) in [5.41, 5.74) is 7.07. The summed E-state index contributed by atoms with van der Waals surface area (Å²) in [5.74, 6) is 2.91. The highest BCUT2D eigenvalue weighted by molar-refractivity contribution is 5.85. The SMILES string of the molecule is COc1cc(OC)c(CN2CCC(C(C)N)C2)c(OC)c1.Cl. The van der Waals surface area contributed by atoms with Gasteiger partial charge in [-0.1, -0.05) is 0 Å². The highest BCUT2D eigenvalue weighted by Crippen LogP contribution is 2.36. The standard InChI is InChI=1S/C16H26N2O3.ClH/c1-11(17)12-5-6-18(9-12)10-14-15(20-3)7-13(19-2)8-16(14)21-4;/h7-8,11-12H,5-6,9-10,17H2,1-4H3;1H. The molecule has 2 rings (SSSR count). The molecule has 6 heteroatoms. The minimum atomic E-state index is 0. The van der Waals surface area contributed by atoms with Gasteiger partial charge in [-0.05, 0) is 25.8 Å². The van der Waals surface area contributed by atoms with Crippen molar-refractivity contribution in [1.82, 2.24) is 4.90 Å². The Morgan fingerprint density at radius 2 is 1.77 bits per heavy atom. The van der Waals surface area contributed by atoms with E-state index in [1.165, 1.54) is 0 Å². The average molecular weight is 331 g/mol. The van der Waals surface area contributed by atoms with Crippen molar-refractivity contribution in [1.29, 1.82) is 0 Å². The van der Waals surface area contributed by atoms with Gasteiger partial charge in [0.2, 0.25) is 0 Å². The molecule has 1 heterocycles. The van der Waals surface area contributed by atoms with E-state index in [0.717, 1.165) is 48.9 Å². The normalized spacial score (nSPS) is 19.4. The molecule has 2 N–H and O–H groups in total. The summed E-state index contributed by atoms with van der Waals surface area (Å²) in [6, 6.07) is 4.04. The molecule has 5 nitrogen and oxygen atoms in total. The van der Waals surface area contributed by atoms with Crippen LogP contribution >= 0.6 is 12.4 Å².